The van der Waals surface area contributed by atoms with Gasteiger partial charge in [0.05, 0.1) is 25.8 Å². The average molecular weight is 313 g/mol. The number of hydrogen-bond donors (Lipinski definition) is 1. The van der Waals surface area contributed by atoms with E-state index in [1.54, 1.807) is 7.11 Å². The number of para-hydroxylation sites is 1. The molecule has 0 spiro atoms. The number of rotatable bonds is 4. The molecule has 22 heavy (non-hydrogen) atoms. The minimum Gasteiger partial charge on any atom is -0.496 e. The number of benzene rings is 1. The Balaban J connectivity index is 2.15. The number of halogens is 3. The van der Waals surface area contributed by atoms with Gasteiger partial charge in [-0.2, -0.15) is 18.3 Å². The number of nitrogens with zero attached hydrogens (tertiary/aromatic N) is 2. The van der Waals surface area contributed by atoms with Crippen LogP contribution < -0.4 is 4.74 Å². The molecule has 0 aliphatic carbocycles. The Bertz CT molecular complexity index is 584. The Kier molecular flexibility index (Phi) is 4.73. The molecule has 0 bridgehead atoms. The fraction of sp³-hybridized carbons (Fsp3) is 0.467. The Morgan fingerprint density at radius 1 is 1.41 bits per heavy atom. The maximum atomic E-state index is 12.3. The maximum Gasteiger partial charge on any atom is 0.389 e. The highest BCUT2D eigenvalue weighted by atomic mass is 19.4. The molecule has 1 aromatic carbocycles. The number of hydrogen-bond acceptors (Lipinski definition) is 3. The molecule has 1 unspecified atom stereocenters. The first kappa shape index (κ1) is 16.3. The van der Waals surface area contributed by atoms with E-state index in [1.165, 1.54) is 5.01 Å². The molecule has 1 aliphatic rings. The molecule has 4 nitrogen and oxygen atoms in total. The summed E-state index contributed by atoms with van der Waals surface area (Å²) in [6.45, 7) is 2.34. The minimum absolute atomic E-state index is 0.0162. The van der Waals surface area contributed by atoms with Crippen LogP contribution >= 0.6 is 0 Å². The molecule has 0 fully saturated rings. The van der Waals surface area contributed by atoms with Crippen molar-refractivity contribution in [2.45, 2.75) is 25.9 Å². The molecule has 0 radical (unpaired) electrons. The van der Waals surface area contributed by atoms with Gasteiger partial charge in [0.2, 0.25) is 0 Å². The van der Waals surface area contributed by atoms with Crippen LogP contribution in [-0.4, -0.2) is 36.4 Å². The van der Waals surface area contributed by atoms with Gasteiger partial charge in [0, 0.05) is 17.9 Å². The van der Waals surface area contributed by atoms with Crippen LogP contribution in [0.3, 0.4) is 0 Å². The fourth-order valence-corrected chi connectivity index (χ4v) is 2.35. The van der Waals surface area contributed by atoms with Crippen LogP contribution in [0.5, 0.6) is 5.75 Å². The SMILES string of the molecule is COc1ccccc1C1=NN(C(=N)CCC(F)(F)F)CC1C. The second kappa shape index (κ2) is 6.37. The summed E-state index contributed by atoms with van der Waals surface area (Å²) in [6.07, 6.45) is -5.62. The summed E-state index contributed by atoms with van der Waals surface area (Å²) in [5.41, 5.74) is 1.54. The number of amidine groups is 1. The first-order valence-corrected chi connectivity index (χ1v) is 6.95. The van der Waals surface area contributed by atoms with E-state index in [9.17, 15) is 13.2 Å². The van der Waals surface area contributed by atoms with Gasteiger partial charge in [-0.15, -0.1) is 0 Å². The van der Waals surface area contributed by atoms with E-state index in [0.717, 1.165) is 11.3 Å². The Morgan fingerprint density at radius 3 is 2.73 bits per heavy atom. The maximum absolute atomic E-state index is 12.3. The van der Waals surface area contributed by atoms with E-state index in [2.05, 4.69) is 5.10 Å². The van der Waals surface area contributed by atoms with Gasteiger partial charge in [0.15, 0.2) is 0 Å². The van der Waals surface area contributed by atoms with Crippen LogP contribution in [0.4, 0.5) is 13.2 Å². The summed E-state index contributed by atoms with van der Waals surface area (Å²) in [5, 5.41) is 13.5. The molecule has 0 saturated heterocycles. The largest absolute Gasteiger partial charge is 0.496 e. The van der Waals surface area contributed by atoms with Gasteiger partial charge in [-0.05, 0) is 12.1 Å². The topological polar surface area (TPSA) is 48.7 Å². The van der Waals surface area contributed by atoms with E-state index < -0.39 is 12.6 Å². The molecule has 0 aromatic heterocycles. The molecule has 120 valence electrons. The van der Waals surface area contributed by atoms with Crippen molar-refractivity contribution in [3.63, 3.8) is 0 Å². The fourth-order valence-electron chi connectivity index (χ4n) is 2.35. The van der Waals surface area contributed by atoms with E-state index in [-0.39, 0.29) is 18.2 Å². The zero-order valence-electron chi connectivity index (χ0n) is 12.4. The molecule has 1 heterocycles. The first-order valence-electron chi connectivity index (χ1n) is 6.95. The van der Waals surface area contributed by atoms with Crippen LogP contribution in [0.15, 0.2) is 29.4 Å². The lowest BCUT2D eigenvalue weighted by molar-refractivity contribution is -0.133. The molecule has 7 heteroatoms. The minimum atomic E-state index is -4.26. The van der Waals surface area contributed by atoms with Crippen molar-refractivity contribution < 1.29 is 17.9 Å². The summed E-state index contributed by atoms with van der Waals surface area (Å²) in [4.78, 5) is 0. The second-order valence-corrected chi connectivity index (χ2v) is 5.23. The molecular formula is C15H18F3N3O. The lowest BCUT2D eigenvalue weighted by atomic mass is 9.98. The predicted molar refractivity (Wildman–Crippen MR) is 78.4 cm³/mol. The summed E-state index contributed by atoms with van der Waals surface area (Å²) in [7, 11) is 1.56. The Labute approximate surface area is 127 Å². The van der Waals surface area contributed by atoms with Gasteiger partial charge in [-0.1, -0.05) is 19.1 Å². The van der Waals surface area contributed by atoms with Crippen molar-refractivity contribution in [3.8, 4) is 5.75 Å². The molecule has 1 aromatic rings. The Morgan fingerprint density at radius 2 is 2.09 bits per heavy atom. The van der Waals surface area contributed by atoms with Crippen LogP contribution in [-0.2, 0) is 0 Å². The van der Waals surface area contributed by atoms with Gasteiger partial charge >= 0.3 is 6.18 Å². The predicted octanol–water partition coefficient (Wildman–Crippen LogP) is 3.67. The first-order chi connectivity index (χ1) is 10.3. The monoisotopic (exact) mass is 313 g/mol. The number of hydrazone groups is 1. The van der Waals surface area contributed by atoms with Crippen LogP contribution in [0.2, 0.25) is 0 Å². The lowest BCUT2D eigenvalue weighted by Gasteiger charge is -2.16. The van der Waals surface area contributed by atoms with E-state index in [1.807, 2.05) is 31.2 Å². The second-order valence-electron chi connectivity index (χ2n) is 5.23. The molecule has 0 amide bonds. The van der Waals surface area contributed by atoms with Crippen LogP contribution in [0.1, 0.15) is 25.3 Å². The highest BCUT2D eigenvalue weighted by Gasteiger charge is 2.31. The quantitative estimate of drug-likeness (QED) is 0.681. The number of alkyl halides is 3. The molecular weight excluding hydrogens is 295 g/mol. The van der Waals surface area contributed by atoms with E-state index in [0.29, 0.717) is 12.3 Å². The summed E-state index contributed by atoms with van der Waals surface area (Å²) in [5.74, 6) is 0.563. The third-order valence-electron chi connectivity index (χ3n) is 3.48. The Hall–Kier alpha value is -2.05. The summed E-state index contributed by atoms with van der Waals surface area (Å²) >= 11 is 0. The third kappa shape index (κ3) is 3.78. The molecule has 0 saturated carbocycles. The normalized spacial score (nSPS) is 18.3. The van der Waals surface area contributed by atoms with Crippen molar-refractivity contribution >= 4 is 11.5 Å². The third-order valence-corrected chi connectivity index (χ3v) is 3.48. The van der Waals surface area contributed by atoms with E-state index >= 15 is 0 Å². The number of methoxy groups -OCH3 is 1. The van der Waals surface area contributed by atoms with Crippen molar-refractivity contribution in [3.05, 3.63) is 29.8 Å². The van der Waals surface area contributed by atoms with Crippen molar-refractivity contribution in [2.75, 3.05) is 13.7 Å². The van der Waals surface area contributed by atoms with Crippen molar-refractivity contribution in [1.29, 1.82) is 5.41 Å². The zero-order chi connectivity index (χ0) is 16.3. The van der Waals surface area contributed by atoms with Gasteiger partial charge in [0.25, 0.3) is 0 Å². The van der Waals surface area contributed by atoms with E-state index in [4.69, 9.17) is 10.1 Å². The number of nitrogens with one attached hydrogen (secondary N) is 1. The highest BCUT2D eigenvalue weighted by Crippen LogP contribution is 2.28. The summed E-state index contributed by atoms with van der Waals surface area (Å²) < 4.78 is 42.0. The standard InChI is InChI=1S/C15H18F3N3O/c1-10-9-21(13(19)7-8-15(16,17)18)20-14(10)11-5-3-4-6-12(11)22-2/h3-6,10,19H,7-9H2,1-2H3. The number of ether oxygens (including phenoxy) is 1. The van der Waals surface area contributed by atoms with Crippen molar-refractivity contribution in [2.24, 2.45) is 11.0 Å². The molecule has 2 rings (SSSR count). The average Bonchev–Trinajstić information content (AvgIpc) is 2.86. The molecule has 1 atom stereocenters. The highest BCUT2D eigenvalue weighted by molar-refractivity contribution is 6.06. The van der Waals surface area contributed by atoms with Gasteiger partial charge in [0.1, 0.15) is 11.6 Å². The van der Waals surface area contributed by atoms with Gasteiger partial charge in [-0.25, -0.2) is 0 Å². The summed E-state index contributed by atoms with van der Waals surface area (Å²) in [6, 6.07) is 7.36. The van der Waals surface area contributed by atoms with Crippen LogP contribution in [0.25, 0.3) is 0 Å². The smallest absolute Gasteiger partial charge is 0.389 e. The molecule has 1 aliphatic heterocycles. The van der Waals surface area contributed by atoms with Crippen LogP contribution in [0, 0.1) is 11.3 Å². The van der Waals surface area contributed by atoms with Gasteiger partial charge in [-0.3, -0.25) is 10.4 Å². The lowest BCUT2D eigenvalue weighted by Crippen LogP contribution is -2.26. The van der Waals surface area contributed by atoms with Crippen molar-refractivity contribution in [1.82, 2.24) is 5.01 Å². The molecule has 1 N–H and O–H groups in total. The zero-order valence-corrected chi connectivity index (χ0v) is 12.4. The van der Waals surface area contributed by atoms with Gasteiger partial charge < -0.3 is 4.74 Å².